The first kappa shape index (κ1) is 11.2. The Morgan fingerprint density at radius 2 is 2.31 bits per heavy atom. The van der Waals surface area contributed by atoms with Gasteiger partial charge in [-0.1, -0.05) is 12.1 Å². The van der Waals surface area contributed by atoms with Gasteiger partial charge in [0.25, 0.3) is 0 Å². The number of aliphatic hydroxyl groups excluding tert-OH is 1. The second-order valence-corrected chi connectivity index (χ2v) is 4.62. The minimum Gasteiger partial charge on any atom is -0.392 e. The van der Waals surface area contributed by atoms with Crippen molar-refractivity contribution >= 4 is 11.8 Å². The van der Waals surface area contributed by atoms with Crippen molar-refractivity contribution in [2.24, 2.45) is 0 Å². The molecular weight excluding hydrogens is 220 g/mol. The molecule has 1 aromatic carbocycles. The smallest absolute Gasteiger partial charge is 0.0946 e. The van der Waals surface area contributed by atoms with Crippen LogP contribution in [0.25, 0.3) is 0 Å². The first-order valence-electron chi connectivity index (χ1n) is 5.17. The number of nitrogens with zero attached hydrogens (tertiary/aromatic N) is 2. The van der Waals surface area contributed by atoms with E-state index in [2.05, 4.69) is 15.6 Å². The predicted molar refractivity (Wildman–Crippen MR) is 65.3 cm³/mol. The van der Waals surface area contributed by atoms with Crippen molar-refractivity contribution in [1.29, 1.82) is 0 Å². The van der Waals surface area contributed by atoms with E-state index < -0.39 is 0 Å². The SMILES string of the molecule is OCc1cccc(SCCn2ccnc2)c1. The summed E-state index contributed by atoms with van der Waals surface area (Å²) >= 11 is 1.79. The molecule has 0 fully saturated rings. The van der Waals surface area contributed by atoms with E-state index in [1.165, 1.54) is 4.90 Å². The molecular formula is C12H14N2OS. The highest BCUT2D eigenvalue weighted by Gasteiger charge is 1.96. The highest BCUT2D eigenvalue weighted by molar-refractivity contribution is 7.99. The van der Waals surface area contributed by atoms with Crippen molar-refractivity contribution < 1.29 is 5.11 Å². The van der Waals surface area contributed by atoms with Crippen LogP contribution in [0.1, 0.15) is 5.56 Å². The van der Waals surface area contributed by atoms with Gasteiger partial charge in [-0.3, -0.25) is 0 Å². The van der Waals surface area contributed by atoms with Gasteiger partial charge in [-0.25, -0.2) is 4.98 Å². The van der Waals surface area contributed by atoms with Crippen molar-refractivity contribution in [3.63, 3.8) is 0 Å². The quantitative estimate of drug-likeness (QED) is 0.806. The first-order chi connectivity index (χ1) is 7.88. The average Bonchev–Trinajstić information content (AvgIpc) is 2.82. The Hall–Kier alpha value is -1.26. The average molecular weight is 234 g/mol. The highest BCUT2D eigenvalue weighted by atomic mass is 32.2. The first-order valence-corrected chi connectivity index (χ1v) is 6.15. The summed E-state index contributed by atoms with van der Waals surface area (Å²) in [6, 6.07) is 8.00. The summed E-state index contributed by atoms with van der Waals surface area (Å²) in [6.07, 6.45) is 5.58. The van der Waals surface area contributed by atoms with Gasteiger partial charge in [0.1, 0.15) is 0 Å². The number of aliphatic hydroxyl groups is 1. The molecule has 0 spiro atoms. The van der Waals surface area contributed by atoms with Gasteiger partial charge in [-0.05, 0) is 17.7 Å². The van der Waals surface area contributed by atoms with Crippen molar-refractivity contribution in [3.05, 3.63) is 48.5 Å². The van der Waals surface area contributed by atoms with Crippen molar-refractivity contribution in [2.75, 3.05) is 5.75 Å². The zero-order chi connectivity index (χ0) is 11.2. The standard InChI is InChI=1S/C12H14N2OS/c15-9-11-2-1-3-12(8-11)16-7-6-14-5-4-13-10-14/h1-5,8,10,15H,6-7,9H2. The molecule has 0 bridgehead atoms. The Kier molecular flexibility index (Phi) is 4.02. The largest absolute Gasteiger partial charge is 0.392 e. The van der Waals surface area contributed by atoms with Crippen LogP contribution in [0.2, 0.25) is 0 Å². The van der Waals surface area contributed by atoms with Gasteiger partial charge >= 0.3 is 0 Å². The Morgan fingerprint density at radius 1 is 1.38 bits per heavy atom. The molecule has 0 aliphatic heterocycles. The fourth-order valence-corrected chi connectivity index (χ4v) is 2.37. The summed E-state index contributed by atoms with van der Waals surface area (Å²) in [6.45, 7) is 1.06. The van der Waals surface area contributed by atoms with E-state index >= 15 is 0 Å². The number of thioether (sulfide) groups is 1. The molecule has 0 saturated heterocycles. The summed E-state index contributed by atoms with van der Waals surface area (Å²) < 4.78 is 2.06. The van der Waals surface area contributed by atoms with E-state index in [0.717, 1.165) is 17.9 Å². The van der Waals surface area contributed by atoms with Crippen LogP contribution in [0.15, 0.2) is 47.9 Å². The summed E-state index contributed by atoms with van der Waals surface area (Å²) in [5, 5.41) is 9.02. The zero-order valence-electron chi connectivity index (χ0n) is 8.91. The highest BCUT2D eigenvalue weighted by Crippen LogP contribution is 2.19. The van der Waals surface area contributed by atoms with Gasteiger partial charge in [0.15, 0.2) is 0 Å². The molecule has 1 heterocycles. The molecule has 2 aromatic rings. The molecule has 1 aromatic heterocycles. The molecule has 0 aliphatic carbocycles. The van der Waals surface area contributed by atoms with E-state index in [-0.39, 0.29) is 6.61 Å². The summed E-state index contributed by atoms with van der Waals surface area (Å²) in [5.74, 6) is 1.01. The predicted octanol–water partition coefficient (Wildman–Crippen LogP) is 2.17. The van der Waals surface area contributed by atoms with Crippen LogP contribution in [0.5, 0.6) is 0 Å². The second-order valence-electron chi connectivity index (χ2n) is 3.45. The number of aryl methyl sites for hydroxylation is 1. The minimum atomic E-state index is 0.107. The van der Waals surface area contributed by atoms with E-state index in [1.807, 2.05) is 30.7 Å². The molecule has 1 N–H and O–H groups in total. The van der Waals surface area contributed by atoms with Crippen LogP contribution >= 0.6 is 11.8 Å². The summed E-state index contributed by atoms with van der Waals surface area (Å²) in [5.41, 5.74) is 0.965. The molecule has 0 saturated carbocycles. The maximum Gasteiger partial charge on any atom is 0.0946 e. The van der Waals surface area contributed by atoms with Gasteiger partial charge in [0, 0.05) is 29.6 Å². The fraction of sp³-hybridized carbons (Fsp3) is 0.250. The zero-order valence-corrected chi connectivity index (χ0v) is 9.73. The lowest BCUT2D eigenvalue weighted by molar-refractivity contribution is 0.281. The Morgan fingerprint density at radius 3 is 3.06 bits per heavy atom. The van der Waals surface area contributed by atoms with Gasteiger partial charge in [0.05, 0.1) is 12.9 Å². The van der Waals surface area contributed by atoms with Crippen LogP contribution in [-0.4, -0.2) is 20.4 Å². The van der Waals surface area contributed by atoms with Crippen LogP contribution in [0.3, 0.4) is 0 Å². The molecule has 2 rings (SSSR count). The minimum absolute atomic E-state index is 0.107. The Labute approximate surface area is 99.1 Å². The third-order valence-corrected chi connectivity index (χ3v) is 3.23. The van der Waals surface area contributed by atoms with Gasteiger partial charge < -0.3 is 9.67 Å². The normalized spacial score (nSPS) is 10.6. The van der Waals surface area contributed by atoms with Gasteiger partial charge in [0.2, 0.25) is 0 Å². The molecule has 0 atom stereocenters. The number of hydrogen-bond donors (Lipinski definition) is 1. The lowest BCUT2D eigenvalue weighted by Crippen LogP contribution is -1.96. The Bertz CT molecular complexity index is 428. The maximum absolute atomic E-state index is 9.02. The lowest BCUT2D eigenvalue weighted by Gasteiger charge is -2.04. The van der Waals surface area contributed by atoms with Crippen molar-refractivity contribution in [2.45, 2.75) is 18.0 Å². The van der Waals surface area contributed by atoms with Gasteiger partial charge in [-0.2, -0.15) is 0 Å². The van der Waals surface area contributed by atoms with Crippen LogP contribution in [-0.2, 0) is 13.2 Å². The number of rotatable bonds is 5. The van der Waals surface area contributed by atoms with Crippen molar-refractivity contribution in [1.82, 2.24) is 9.55 Å². The molecule has 0 amide bonds. The molecule has 4 heteroatoms. The molecule has 3 nitrogen and oxygen atoms in total. The lowest BCUT2D eigenvalue weighted by atomic mass is 10.2. The van der Waals surface area contributed by atoms with E-state index in [1.54, 1.807) is 18.0 Å². The third kappa shape index (κ3) is 3.12. The summed E-state index contributed by atoms with van der Waals surface area (Å²) in [4.78, 5) is 5.20. The van der Waals surface area contributed by atoms with Crippen molar-refractivity contribution in [3.8, 4) is 0 Å². The van der Waals surface area contributed by atoms with Crippen LogP contribution in [0.4, 0.5) is 0 Å². The molecule has 0 radical (unpaired) electrons. The van der Waals surface area contributed by atoms with Gasteiger partial charge in [-0.15, -0.1) is 11.8 Å². The number of hydrogen-bond acceptors (Lipinski definition) is 3. The van der Waals surface area contributed by atoms with E-state index in [0.29, 0.717) is 0 Å². The number of benzene rings is 1. The maximum atomic E-state index is 9.02. The molecule has 84 valence electrons. The fourth-order valence-electron chi connectivity index (χ4n) is 1.42. The Balaban J connectivity index is 1.85. The second kappa shape index (κ2) is 5.72. The van der Waals surface area contributed by atoms with E-state index in [4.69, 9.17) is 5.11 Å². The summed E-state index contributed by atoms with van der Waals surface area (Å²) in [7, 11) is 0. The van der Waals surface area contributed by atoms with Crippen LogP contribution in [0, 0.1) is 0 Å². The molecule has 0 aliphatic rings. The molecule has 0 unspecified atom stereocenters. The molecule has 16 heavy (non-hydrogen) atoms. The third-order valence-electron chi connectivity index (χ3n) is 2.26. The van der Waals surface area contributed by atoms with E-state index in [9.17, 15) is 0 Å². The number of imidazole rings is 1. The van der Waals surface area contributed by atoms with Crippen LogP contribution < -0.4 is 0 Å². The monoisotopic (exact) mass is 234 g/mol. The number of aromatic nitrogens is 2. The topological polar surface area (TPSA) is 38.0 Å².